The standard InChI is InChI=1S/C46H70N4O14S/c1-14-33-46(9)38(50(43(55)63-46)47-23-29-20-31(64-48-29)32-16-15-19-65-32)25(3)35(51)24(2)21-45(8,57-13)40(62-42-36(52)30(49(10)11)17-18-58-42)26(4)37(27(5)41(54)60-33)61-34-22-44(7,56-12)39(53)28(6)59-34/h15-16,19-20,23-28,30,33-34,36-40,42,52-53H,14,17-18,21-22H2,1-13H3/b47-23+/t24-,25+,26+,27-,28+,30+,33-,34?,36-,37+,38+,39+,40-,42+,44-,45-,46-/m1/s1. The van der Waals surface area contributed by atoms with E-state index in [1.54, 1.807) is 54.5 Å². The first-order valence-corrected chi connectivity index (χ1v) is 23.5. The van der Waals surface area contributed by atoms with Crippen molar-refractivity contribution in [3.63, 3.8) is 0 Å². The molecule has 0 aromatic carbocycles. The van der Waals surface area contributed by atoms with Crippen molar-refractivity contribution in [1.29, 1.82) is 0 Å². The Hall–Kier alpha value is -3.37. The van der Waals surface area contributed by atoms with E-state index < -0.39 is 108 Å². The van der Waals surface area contributed by atoms with Gasteiger partial charge >= 0.3 is 12.1 Å². The largest absolute Gasteiger partial charge is 0.458 e. The summed E-state index contributed by atoms with van der Waals surface area (Å²) in [6.45, 7) is 16.1. The van der Waals surface area contributed by atoms with E-state index in [-0.39, 0.29) is 31.1 Å². The molecule has 0 bridgehead atoms. The number of rotatable bonds is 11. The van der Waals surface area contributed by atoms with Crippen molar-refractivity contribution >= 4 is 35.4 Å². The number of nitrogens with zero attached hydrogens (tertiary/aromatic N) is 4. The summed E-state index contributed by atoms with van der Waals surface area (Å²) in [4.78, 5) is 46.6. The number of hydrazone groups is 1. The molecule has 2 aromatic heterocycles. The zero-order valence-electron chi connectivity index (χ0n) is 40.0. The molecule has 2 N–H and O–H groups in total. The van der Waals surface area contributed by atoms with E-state index in [0.717, 1.165) is 9.89 Å². The highest BCUT2D eigenvalue weighted by Crippen LogP contribution is 2.45. The molecule has 1 unspecified atom stereocenters. The van der Waals surface area contributed by atoms with Crippen molar-refractivity contribution in [3.8, 4) is 10.6 Å². The molecular weight excluding hydrogens is 865 g/mol. The van der Waals surface area contributed by atoms with Crippen LogP contribution in [0.3, 0.4) is 0 Å². The van der Waals surface area contributed by atoms with Crippen molar-refractivity contribution in [2.24, 2.45) is 28.8 Å². The predicted molar refractivity (Wildman–Crippen MR) is 238 cm³/mol. The van der Waals surface area contributed by atoms with Crippen LogP contribution in [-0.4, -0.2) is 162 Å². The first-order valence-electron chi connectivity index (χ1n) is 22.6. The molecule has 0 saturated carbocycles. The minimum Gasteiger partial charge on any atom is -0.458 e. The van der Waals surface area contributed by atoms with Crippen LogP contribution < -0.4 is 0 Å². The van der Waals surface area contributed by atoms with Gasteiger partial charge in [-0.15, -0.1) is 11.3 Å². The number of cyclic esters (lactones) is 1. The number of carbonyl (C=O) groups is 3. The van der Waals surface area contributed by atoms with Crippen LogP contribution >= 0.6 is 11.3 Å². The monoisotopic (exact) mass is 934 g/mol. The second-order valence-corrected chi connectivity index (χ2v) is 20.1. The lowest BCUT2D eigenvalue weighted by molar-refractivity contribution is -0.314. The van der Waals surface area contributed by atoms with Gasteiger partial charge in [0.25, 0.3) is 0 Å². The molecule has 1 amide bonds. The van der Waals surface area contributed by atoms with Gasteiger partial charge in [-0.3, -0.25) is 9.59 Å². The van der Waals surface area contributed by atoms with Crippen molar-refractivity contribution in [1.82, 2.24) is 15.1 Å². The summed E-state index contributed by atoms with van der Waals surface area (Å²) < 4.78 is 56.5. The van der Waals surface area contributed by atoms with E-state index in [4.69, 9.17) is 42.4 Å². The van der Waals surface area contributed by atoms with Gasteiger partial charge in [0.05, 0.1) is 53.1 Å². The van der Waals surface area contributed by atoms with Crippen LogP contribution in [0, 0.1) is 23.7 Å². The van der Waals surface area contributed by atoms with Crippen LogP contribution in [-0.2, 0) is 47.5 Å². The fourth-order valence-corrected chi connectivity index (χ4v) is 11.1. The maximum absolute atomic E-state index is 15.0. The Labute approximate surface area is 386 Å². The normalized spacial score (nSPS) is 41.4. The van der Waals surface area contributed by atoms with E-state index in [9.17, 15) is 24.6 Å². The number of likely N-dealkylation sites (N-methyl/N-ethyl adjacent to an activating group) is 1. The smallest absolute Gasteiger partial charge is 0.431 e. The second-order valence-electron chi connectivity index (χ2n) is 19.1. The zero-order valence-corrected chi connectivity index (χ0v) is 40.8. The van der Waals surface area contributed by atoms with E-state index in [2.05, 4.69) is 10.3 Å². The Balaban J connectivity index is 1.44. The summed E-state index contributed by atoms with van der Waals surface area (Å²) in [5, 5.41) is 34.5. The maximum Gasteiger partial charge on any atom is 0.431 e. The molecule has 65 heavy (non-hydrogen) atoms. The molecule has 6 heterocycles. The fourth-order valence-electron chi connectivity index (χ4n) is 10.4. The van der Waals surface area contributed by atoms with Gasteiger partial charge in [0.1, 0.15) is 35.8 Å². The lowest BCUT2D eigenvalue weighted by Gasteiger charge is -2.49. The summed E-state index contributed by atoms with van der Waals surface area (Å²) in [5.74, 6) is -3.81. The summed E-state index contributed by atoms with van der Waals surface area (Å²) in [6, 6.07) is 4.13. The van der Waals surface area contributed by atoms with Gasteiger partial charge in [-0.25, -0.2) is 4.79 Å². The average molecular weight is 935 g/mol. The predicted octanol–water partition coefficient (Wildman–Crippen LogP) is 5.27. The number of amides is 1. The highest BCUT2D eigenvalue weighted by atomic mass is 32.1. The Morgan fingerprint density at radius 2 is 1.72 bits per heavy atom. The molecule has 4 saturated heterocycles. The molecule has 0 spiro atoms. The van der Waals surface area contributed by atoms with Crippen LogP contribution in [0.2, 0.25) is 0 Å². The number of Topliss-reactive ketones (excluding diaryl/α,β-unsaturated/α-hetero) is 1. The lowest BCUT2D eigenvalue weighted by atomic mass is 9.73. The molecule has 4 aliphatic rings. The molecule has 4 fully saturated rings. The fraction of sp³-hybridized carbons (Fsp3) is 0.761. The van der Waals surface area contributed by atoms with E-state index >= 15 is 0 Å². The minimum absolute atomic E-state index is 0.0984. The Kier molecular flexibility index (Phi) is 16.1. The number of thiophene rings is 1. The van der Waals surface area contributed by atoms with Crippen molar-refractivity contribution < 1.29 is 67.0 Å². The molecule has 19 heteroatoms. The van der Waals surface area contributed by atoms with Crippen LogP contribution in [0.4, 0.5) is 4.79 Å². The number of methoxy groups -OCH3 is 2. The third kappa shape index (κ3) is 10.2. The van der Waals surface area contributed by atoms with Gasteiger partial charge in [-0.05, 0) is 79.4 Å². The molecule has 18 nitrogen and oxygen atoms in total. The number of aromatic nitrogens is 1. The summed E-state index contributed by atoms with van der Waals surface area (Å²) >= 11 is 1.48. The molecule has 0 aliphatic carbocycles. The lowest BCUT2D eigenvalue weighted by Crippen LogP contribution is -2.61. The number of ketones is 1. The molecule has 0 radical (unpaired) electrons. The van der Waals surface area contributed by atoms with E-state index in [0.29, 0.717) is 24.5 Å². The number of carbonyl (C=O) groups excluding carboxylic acids is 3. The van der Waals surface area contributed by atoms with E-state index in [1.165, 1.54) is 31.8 Å². The number of fused-ring (bicyclic) bond motifs is 1. The molecule has 364 valence electrons. The van der Waals surface area contributed by atoms with Crippen molar-refractivity contribution in [3.05, 3.63) is 29.3 Å². The van der Waals surface area contributed by atoms with Crippen LogP contribution in [0.25, 0.3) is 10.6 Å². The topological polar surface area (TPSA) is 210 Å². The SMILES string of the molecule is CC[C@H]1OC(=O)[C@H](C)[C@@H](OC2C[C@@](C)(OC)[C@@H](O)[C@H](C)O2)[C@H](C)[C@@H](O[C@@H]2OCC[C@H](N(C)C)[C@H]2O)[C@](C)(OC)C[C@@H](C)C(=O)[C@H](C)[C@@H]2N(/N=C/c3cc(-c4cccs4)on3)C(=O)O[C@@]21C. The Morgan fingerprint density at radius 1 is 1.02 bits per heavy atom. The second kappa shape index (κ2) is 20.5. The van der Waals surface area contributed by atoms with Crippen LogP contribution in [0.1, 0.15) is 93.7 Å². The van der Waals surface area contributed by atoms with Gasteiger partial charge in [-0.2, -0.15) is 10.1 Å². The summed E-state index contributed by atoms with van der Waals surface area (Å²) in [5.41, 5.74) is -3.59. The van der Waals surface area contributed by atoms with Crippen LogP contribution in [0.15, 0.2) is 33.2 Å². The van der Waals surface area contributed by atoms with E-state index in [1.807, 2.05) is 50.4 Å². The number of hydrogen-bond acceptors (Lipinski definition) is 18. The molecule has 6 rings (SSSR count). The third-order valence-electron chi connectivity index (χ3n) is 14.4. The first-order chi connectivity index (χ1) is 30.6. The highest BCUT2D eigenvalue weighted by Gasteiger charge is 2.61. The Bertz CT molecular complexity index is 1970. The quantitative estimate of drug-likeness (QED) is 0.217. The molecule has 4 aliphatic heterocycles. The highest BCUT2D eigenvalue weighted by molar-refractivity contribution is 7.13. The number of aliphatic hydroxyl groups is 2. The van der Waals surface area contributed by atoms with Gasteiger partial charge in [0, 0.05) is 50.5 Å². The first kappa shape index (κ1) is 51.0. The number of aliphatic hydroxyl groups excluding tert-OH is 2. The number of ether oxygens (including phenoxy) is 8. The zero-order chi connectivity index (χ0) is 47.8. The molecular formula is C46H70N4O14S. The number of esters is 1. The van der Waals surface area contributed by atoms with Crippen LogP contribution in [0.5, 0.6) is 0 Å². The Morgan fingerprint density at radius 3 is 2.35 bits per heavy atom. The van der Waals surface area contributed by atoms with Gasteiger partial charge < -0.3 is 57.5 Å². The van der Waals surface area contributed by atoms with Gasteiger partial charge in [-0.1, -0.05) is 38.9 Å². The summed E-state index contributed by atoms with van der Waals surface area (Å²) in [6.07, 6.45) is -6.42. The van der Waals surface area contributed by atoms with Crippen molar-refractivity contribution in [2.45, 2.75) is 166 Å². The molecule has 2 aromatic rings. The molecule has 17 atom stereocenters. The van der Waals surface area contributed by atoms with Gasteiger partial charge in [0.15, 0.2) is 23.9 Å². The van der Waals surface area contributed by atoms with Crippen molar-refractivity contribution in [2.75, 3.05) is 34.9 Å². The maximum atomic E-state index is 15.0. The minimum atomic E-state index is -1.57. The van der Waals surface area contributed by atoms with Gasteiger partial charge in [0.2, 0.25) is 0 Å². The summed E-state index contributed by atoms with van der Waals surface area (Å²) in [7, 11) is 6.78. The average Bonchev–Trinajstić information content (AvgIpc) is 4.04. The third-order valence-corrected chi connectivity index (χ3v) is 15.2. The number of hydrogen-bond donors (Lipinski definition) is 2.